The third kappa shape index (κ3) is 3.43. The molecule has 9 heteroatoms. The highest BCUT2D eigenvalue weighted by Crippen LogP contribution is 2.14. The van der Waals surface area contributed by atoms with E-state index in [1.807, 2.05) is 0 Å². The zero-order valence-corrected chi connectivity index (χ0v) is 9.53. The summed E-state index contributed by atoms with van der Waals surface area (Å²) in [6.07, 6.45) is 0. The van der Waals surface area contributed by atoms with E-state index in [4.69, 9.17) is 21.7 Å². The average molecular weight is 256 g/mol. The summed E-state index contributed by atoms with van der Waals surface area (Å²) in [4.78, 5) is 0. The Hall–Kier alpha value is -2.13. The lowest BCUT2D eigenvalue weighted by Gasteiger charge is -2.22. The maximum absolute atomic E-state index is 11.4. The standard InChI is InChI=1S/C8H12N6O2S/c9-7(10)13-8(11)14(17(12,15)16)6-4-2-1-3-5-6/h1-5H,(H2,12,15,16)(H5,9,10,11,13). The van der Waals surface area contributed by atoms with Gasteiger partial charge in [0, 0.05) is 0 Å². The van der Waals surface area contributed by atoms with Crippen molar-refractivity contribution < 1.29 is 8.42 Å². The molecule has 0 spiro atoms. The van der Waals surface area contributed by atoms with E-state index >= 15 is 0 Å². The molecule has 1 rings (SSSR count). The fourth-order valence-electron chi connectivity index (χ4n) is 1.14. The van der Waals surface area contributed by atoms with Crippen LogP contribution in [0.15, 0.2) is 30.3 Å². The zero-order valence-electron chi connectivity index (χ0n) is 8.71. The van der Waals surface area contributed by atoms with Crippen LogP contribution < -0.4 is 20.5 Å². The predicted molar refractivity (Wildman–Crippen MR) is 64.8 cm³/mol. The van der Waals surface area contributed by atoms with Gasteiger partial charge in [-0.3, -0.25) is 16.1 Å². The first-order valence-electron chi connectivity index (χ1n) is 4.40. The highest BCUT2D eigenvalue weighted by molar-refractivity contribution is 7.91. The summed E-state index contributed by atoms with van der Waals surface area (Å²) in [5.41, 5.74) is 5.20. The summed E-state index contributed by atoms with van der Waals surface area (Å²) in [5, 5.41) is 21.5. The van der Waals surface area contributed by atoms with E-state index in [9.17, 15) is 8.42 Å². The molecule has 0 bridgehead atoms. The molecule has 0 saturated carbocycles. The van der Waals surface area contributed by atoms with Crippen molar-refractivity contribution in [3.63, 3.8) is 0 Å². The van der Waals surface area contributed by atoms with Crippen LogP contribution in [0.2, 0.25) is 0 Å². The Kier molecular flexibility index (Phi) is 3.66. The number of hydrogen-bond donors (Lipinski definition) is 5. The van der Waals surface area contributed by atoms with E-state index in [1.54, 1.807) is 18.2 Å². The molecule has 0 amide bonds. The monoisotopic (exact) mass is 256 g/mol. The summed E-state index contributed by atoms with van der Waals surface area (Å²) in [5.74, 6) is -1.18. The number of nitrogens with two attached hydrogens (primary N) is 2. The molecule has 0 aliphatic heterocycles. The lowest BCUT2D eigenvalue weighted by Crippen LogP contribution is -2.50. The number of nitrogens with one attached hydrogen (secondary N) is 3. The second-order valence-electron chi connectivity index (χ2n) is 3.03. The Morgan fingerprint density at radius 3 is 2.18 bits per heavy atom. The fraction of sp³-hybridized carbons (Fsp3) is 0. The summed E-state index contributed by atoms with van der Waals surface area (Å²) in [6.45, 7) is 0. The van der Waals surface area contributed by atoms with Gasteiger partial charge in [-0.15, -0.1) is 0 Å². The van der Waals surface area contributed by atoms with Crippen LogP contribution >= 0.6 is 0 Å². The molecule has 0 atom stereocenters. The van der Waals surface area contributed by atoms with Gasteiger partial charge in [-0.25, -0.2) is 5.14 Å². The minimum Gasteiger partial charge on any atom is -0.370 e. The summed E-state index contributed by atoms with van der Waals surface area (Å²) >= 11 is 0. The molecule has 7 N–H and O–H groups in total. The molecule has 0 saturated heterocycles. The van der Waals surface area contributed by atoms with Gasteiger partial charge in [-0.2, -0.15) is 12.7 Å². The van der Waals surface area contributed by atoms with Crippen LogP contribution in [0, 0.1) is 10.8 Å². The molecule has 1 aromatic rings. The van der Waals surface area contributed by atoms with Crippen molar-refractivity contribution >= 4 is 27.8 Å². The molecule has 0 unspecified atom stereocenters. The van der Waals surface area contributed by atoms with E-state index < -0.39 is 22.1 Å². The van der Waals surface area contributed by atoms with Crippen LogP contribution in [-0.4, -0.2) is 20.3 Å². The van der Waals surface area contributed by atoms with Crippen LogP contribution in [0.1, 0.15) is 0 Å². The first-order valence-corrected chi connectivity index (χ1v) is 5.90. The van der Waals surface area contributed by atoms with Gasteiger partial charge in [-0.05, 0) is 12.1 Å². The highest BCUT2D eigenvalue weighted by atomic mass is 32.2. The Morgan fingerprint density at radius 2 is 1.76 bits per heavy atom. The van der Waals surface area contributed by atoms with E-state index in [1.165, 1.54) is 12.1 Å². The van der Waals surface area contributed by atoms with Gasteiger partial charge < -0.3 is 5.73 Å². The van der Waals surface area contributed by atoms with Gasteiger partial charge in [-0.1, -0.05) is 18.2 Å². The van der Waals surface area contributed by atoms with Crippen molar-refractivity contribution in [3.8, 4) is 0 Å². The van der Waals surface area contributed by atoms with E-state index in [2.05, 4.69) is 5.32 Å². The number of guanidine groups is 2. The van der Waals surface area contributed by atoms with E-state index in [0.717, 1.165) is 0 Å². The molecule has 92 valence electrons. The van der Waals surface area contributed by atoms with Crippen LogP contribution in [0.5, 0.6) is 0 Å². The number of hydrogen-bond acceptors (Lipinski definition) is 4. The topological polar surface area (TPSA) is 149 Å². The second kappa shape index (κ2) is 4.80. The van der Waals surface area contributed by atoms with Crippen molar-refractivity contribution in [1.82, 2.24) is 5.32 Å². The molecule has 8 nitrogen and oxygen atoms in total. The zero-order chi connectivity index (χ0) is 13.1. The van der Waals surface area contributed by atoms with Gasteiger partial charge in [0.05, 0.1) is 5.69 Å². The molecule has 0 aromatic heterocycles. The highest BCUT2D eigenvalue weighted by Gasteiger charge is 2.23. The third-order valence-corrected chi connectivity index (χ3v) is 2.60. The first-order chi connectivity index (χ1) is 7.82. The maximum Gasteiger partial charge on any atom is 0.305 e. The molecule has 0 fully saturated rings. The molecule has 0 heterocycles. The Bertz CT molecular complexity index is 526. The summed E-state index contributed by atoms with van der Waals surface area (Å²) < 4.78 is 23.3. The van der Waals surface area contributed by atoms with Gasteiger partial charge in [0.2, 0.25) is 5.96 Å². The number of rotatable bonds is 2. The first kappa shape index (κ1) is 12.9. The fourth-order valence-corrected chi connectivity index (χ4v) is 1.86. The smallest absolute Gasteiger partial charge is 0.305 e. The van der Waals surface area contributed by atoms with Crippen LogP contribution in [0.4, 0.5) is 5.69 Å². The average Bonchev–Trinajstić information content (AvgIpc) is 2.15. The van der Waals surface area contributed by atoms with Crippen LogP contribution in [0.3, 0.4) is 0 Å². The van der Waals surface area contributed by atoms with Crippen molar-refractivity contribution in [2.75, 3.05) is 4.31 Å². The van der Waals surface area contributed by atoms with E-state index in [-0.39, 0.29) is 5.69 Å². The Labute approximate surface area is 98.4 Å². The molecular formula is C8H12N6O2S. The second-order valence-corrected chi connectivity index (χ2v) is 4.43. The third-order valence-electron chi connectivity index (χ3n) is 1.70. The number of anilines is 1. The van der Waals surface area contributed by atoms with Gasteiger partial charge >= 0.3 is 10.2 Å². The SMILES string of the molecule is N=C(N)NC(=N)N(c1ccccc1)S(N)(=O)=O. The molecule has 0 aliphatic carbocycles. The van der Waals surface area contributed by atoms with Crippen LogP contribution in [-0.2, 0) is 10.2 Å². The van der Waals surface area contributed by atoms with Gasteiger partial charge in [0.25, 0.3) is 0 Å². The minimum atomic E-state index is -4.17. The molecule has 1 aromatic carbocycles. The number of benzene rings is 1. The predicted octanol–water partition coefficient (Wildman–Crippen LogP) is -0.886. The van der Waals surface area contributed by atoms with Crippen LogP contribution in [0.25, 0.3) is 0 Å². The summed E-state index contributed by atoms with van der Waals surface area (Å²) in [7, 11) is -4.17. The van der Waals surface area contributed by atoms with Crippen molar-refractivity contribution in [1.29, 1.82) is 10.8 Å². The lowest BCUT2D eigenvalue weighted by atomic mass is 10.3. The quantitative estimate of drug-likeness (QED) is 0.344. The normalized spacial score (nSPS) is 10.6. The number of nitrogens with zero attached hydrogens (tertiary/aromatic N) is 1. The van der Waals surface area contributed by atoms with E-state index in [0.29, 0.717) is 4.31 Å². The lowest BCUT2D eigenvalue weighted by molar-refractivity contribution is 0.598. The summed E-state index contributed by atoms with van der Waals surface area (Å²) in [6, 6.07) is 7.79. The Morgan fingerprint density at radius 1 is 1.24 bits per heavy atom. The minimum absolute atomic E-state index is 0.175. The van der Waals surface area contributed by atoms with Gasteiger partial charge in [0.1, 0.15) is 0 Å². The van der Waals surface area contributed by atoms with Crippen molar-refractivity contribution in [3.05, 3.63) is 30.3 Å². The molecule has 0 aliphatic rings. The molecular weight excluding hydrogens is 244 g/mol. The molecule has 0 radical (unpaired) electrons. The largest absolute Gasteiger partial charge is 0.370 e. The van der Waals surface area contributed by atoms with Crippen molar-refractivity contribution in [2.45, 2.75) is 0 Å². The maximum atomic E-state index is 11.4. The molecule has 17 heavy (non-hydrogen) atoms. The number of para-hydroxylation sites is 1. The van der Waals surface area contributed by atoms with Gasteiger partial charge in [0.15, 0.2) is 5.96 Å². The Balaban J connectivity index is 3.15. The van der Waals surface area contributed by atoms with Crippen molar-refractivity contribution in [2.24, 2.45) is 10.9 Å².